The SMILES string of the molecule is Cc1cnc(C(C)NS(=O)(=O)N2CCCC(CN)C2)s1. The molecular weight excluding hydrogens is 296 g/mol. The third-order valence-corrected chi connectivity index (χ3v) is 6.25. The Morgan fingerprint density at radius 3 is 3.00 bits per heavy atom. The fourth-order valence-corrected chi connectivity index (χ4v) is 4.69. The van der Waals surface area contributed by atoms with Crippen molar-refractivity contribution >= 4 is 21.5 Å². The molecule has 0 spiro atoms. The third-order valence-electron chi connectivity index (χ3n) is 3.49. The number of thiazole rings is 1. The molecule has 2 unspecified atom stereocenters. The lowest BCUT2D eigenvalue weighted by Gasteiger charge is -2.31. The van der Waals surface area contributed by atoms with E-state index in [-0.39, 0.29) is 12.0 Å². The molecule has 0 radical (unpaired) electrons. The number of aromatic nitrogens is 1. The zero-order valence-corrected chi connectivity index (χ0v) is 13.5. The van der Waals surface area contributed by atoms with Gasteiger partial charge in [0.2, 0.25) is 0 Å². The molecule has 0 amide bonds. The Bertz CT molecular complexity index is 543. The van der Waals surface area contributed by atoms with Gasteiger partial charge in [-0.2, -0.15) is 17.4 Å². The molecule has 2 atom stereocenters. The van der Waals surface area contributed by atoms with E-state index >= 15 is 0 Å². The summed E-state index contributed by atoms with van der Waals surface area (Å²) in [5.41, 5.74) is 5.65. The zero-order chi connectivity index (χ0) is 14.8. The summed E-state index contributed by atoms with van der Waals surface area (Å²) < 4.78 is 29.0. The highest BCUT2D eigenvalue weighted by molar-refractivity contribution is 7.87. The number of nitrogens with zero attached hydrogens (tertiary/aromatic N) is 2. The standard InChI is InChI=1S/C12H22N4O2S2/c1-9-7-14-12(19-9)10(2)15-20(17,18)16-5-3-4-11(6-13)8-16/h7,10-11,15H,3-6,8,13H2,1-2H3. The molecule has 1 aliphatic rings. The van der Waals surface area contributed by atoms with Crippen LogP contribution in [0.5, 0.6) is 0 Å². The Morgan fingerprint density at radius 2 is 2.40 bits per heavy atom. The number of nitrogens with two attached hydrogens (primary N) is 1. The average molecular weight is 318 g/mol. The van der Waals surface area contributed by atoms with Crippen molar-refractivity contribution in [3.63, 3.8) is 0 Å². The summed E-state index contributed by atoms with van der Waals surface area (Å²) in [5.74, 6) is 0.262. The van der Waals surface area contributed by atoms with Crippen LogP contribution >= 0.6 is 11.3 Å². The molecule has 2 heterocycles. The molecule has 114 valence electrons. The Morgan fingerprint density at radius 1 is 1.65 bits per heavy atom. The molecule has 1 aromatic rings. The van der Waals surface area contributed by atoms with Crippen molar-refractivity contribution in [2.75, 3.05) is 19.6 Å². The molecule has 0 aliphatic carbocycles. The number of hydrogen-bond donors (Lipinski definition) is 2. The number of rotatable bonds is 5. The first-order chi connectivity index (χ1) is 9.42. The maximum Gasteiger partial charge on any atom is 0.280 e. The molecule has 6 nitrogen and oxygen atoms in total. The van der Waals surface area contributed by atoms with Crippen molar-refractivity contribution in [3.05, 3.63) is 16.1 Å². The van der Waals surface area contributed by atoms with E-state index in [0.29, 0.717) is 19.6 Å². The maximum atomic E-state index is 12.4. The number of nitrogens with one attached hydrogen (secondary N) is 1. The van der Waals surface area contributed by atoms with Crippen molar-refractivity contribution in [2.24, 2.45) is 11.7 Å². The van der Waals surface area contributed by atoms with Gasteiger partial charge in [0.25, 0.3) is 10.2 Å². The van der Waals surface area contributed by atoms with E-state index < -0.39 is 10.2 Å². The van der Waals surface area contributed by atoms with E-state index in [1.807, 2.05) is 13.8 Å². The van der Waals surface area contributed by atoms with Crippen molar-refractivity contribution in [1.82, 2.24) is 14.0 Å². The van der Waals surface area contributed by atoms with Crippen LogP contribution in [-0.4, -0.2) is 37.3 Å². The smallest absolute Gasteiger partial charge is 0.280 e. The molecular formula is C12H22N4O2S2. The van der Waals surface area contributed by atoms with Crippen molar-refractivity contribution in [1.29, 1.82) is 0 Å². The summed E-state index contributed by atoms with van der Waals surface area (Å²) in [6.07, 6.45) is 3.63. The minimum atomic E-state index is -3.47. The van der Waals surface area contributed by atoms with E-state index in [1.165, 1.54) is 15.6 Å². The van der Waals surface area contributed by atoms with Crippen LogP contribution in [0.1, 0.15) is 35.7 Å². The number of hydrogen-bond acceptors (Lipinski definition) is 5. The quantitative estimate of drug-likeness (QED) is 0.848. The molecule has 1 fully saturated rings. The highest BCUT2D eigenvalue weighted by atomic mass is 32.2. The molecule has 2 rings (SSSR count). The molecule has 1 aromatic heterocycles. The van der Waals surface area contributed by atoms with Crippen LogP contribution in [-0.2, 0) is 10.2 Å². The van der Waals surface area contributed by atoms with Gasteiger partial charge in [-0.05, 0) is 39.2 Å². The molecule has 1 saturated heterocycles. The van der Waals surface area contributed by atoms with Crippen molar-refractivity contribution < 1.29 is 8.42 Å². The third kappa shape index (κ3) is 3.76. The Hall–Kier alpha value is -0.540. The lowest BCUT2D eigenvalue weighted by molar-refractivity contribution is 0.267. The summed E-state index contributed by atoms with van der Waals surface area (Å²) in [5, 5.41) is 0.790. The second-order valence-electron chi connectivity index (χ2n) is 5.26. The highest BCUT2D eigenvalue weighted by Gasteiger charge is 2.29. The minimum Gasteiger partial charge on any atom is -0.330 e. The van der Waals surface area contributed by atoms with Gasteiger partial charge >= 0.3 is 0 Å². The van der Waals surface area contributed by atoms with Crippen LogP contribution in [0.25, 0.3) is 0 Å². The van der Waals surface area contributed by atoms with E-state index in [4.69, 9.17) is 5.73 Å². The van der Waals surface area contributed by atoms with E-state index in [1.54, 1.807) is 6.20 Å². The van der Waals surface area contributed by atoms with E-state index in [2.05, 4.69) is 9.71 Å². The molecule has 3 N–H and O–H groups in total. The first-order valence-corrected chi connectivity index (χ1v) is 9.08. The van der Waals surface area contributed by atoms with Gasteiger partial charge in [0.05, 0.1) is 6.04 Å². The van der Waals surface area contributed by atoms with Gasteiger partial charge in [-0.15, -0.1) is 11.3 Å². The van der Waals surface area contributed by atoms with E-state index in [9.17, 15) is 8.42 Å². The largest absolute Gasteiger partial charge is 0.330 e. The summed E-state index contributed by atoms with van der Waals surface area (Å²) >= 11 is 1.51. The molecule has 0 aromatic carbocycles. The number of piperidine rings is 1. The van der Waals surface area contributed by atoms with Crippen molar-refractivity contribution in [2.45, 2.75) is 32.7 Å². The highest BCUT2D eigenvalue weighted by Crippen LogP contribution is 2.22. The van der Waals surface area contributed by atoms with Crippen LogP contribution in [0.3, 0.4) is 0 Å². The summed E-state index contributed by atoms with van der Waals surface area (Å²) in [6, 6.07) is -0.308. The fourth-order valence-electron chi connectivity index (χ4n) is 2.36. The average Bonchev–Trinajstić information content (AvgIpc) is 2.85. The van der Waals surface area contributed by atoms with Gasteiger partial charge in [0.1, 0.15) is 5.01 Å². The molecule has 0 bridgehead atoms. The van der Waals surface area contributed by atoms with Gasteiger partial charge in [-0.3, -0.25) is 0 Å². The molecule has 1 aliphatic heterocycles. The lowest BCUT2D eigenvalue weighted by Crippen LogP contribution is -2.47. The maximum absolute atomic E-state index is 12.4. The zero-order valence-electron chi connectivity index (χ0n) is 11.9. The fraction of sp³-hybridized carbons (Fsp3) is 0.750. The molecule has 0 saturated carbocycles. The first kappa shape index (κ1) is 15.8. The van der Waals surface area contributed by atoms with Crippen LogP contribution in [0.2, 0.25) is 0 Å². The molecule has 8 heteroatoms. The lowest BCUT2D eigenvalue weighted by atomic mass is 10.0. The van der Waals surface area contributed by atoms with Crippen LogP contribution in [0.4, 0.5) is 0 Å². The van der Waals surface area contributed by atoms with Gasteiger partial charge < -0.3 is 5.73 Å². The Kier molecular flexibility index (Phi) is 5.14. The number of aryl methyl sites for hydroxylation is 1. The van der Waals surface area contributed by atoms with Gasteiger partial charge in [-0.1, -0.05) is 0 Å². The predicted molar refractivity (Wildman–Crippen MR) is 80.7 cm³/mol. The van der Waals surface area contributed by atoms with Gasteiger partial charge in [0.15, 0.2) is 0 Å². The van der Waals surface area contributed by atoms with Crippen LogP contribution < -0.4 is 10.5 Å². The van der Waals surface area contributed by atoms with Crippen molar-refractivity contribution in [3.8, 4) is 0 Å². The first-order valence-electron chi connectivity index (χ1n) is 6.82. The summed E-state index contributed by atoms with van der Waals surface area (Å²) in [7, 11) is -3.47. The van der Waals surface area contributed by atoms with Gasteiger partial charge in [-0.25, -0.2) is 4.98 Å². The Labute approximate surface area is 124 Å². The second-order valence-corrected chi connectivity index (χ2v) is 8.22. The minimum absolute atomic E-state index is 0.262. The summed E-state index contributed by atoms with van der Waals surface area (Å²) in [6.45, 7) is 5.39. The monoisotopic (exact) mass is 318 g/mol. The molecule has 20 heavy (non-hydrogen) atoms. The predicted octanol–water partition coefficient (Wildman–Crippen LogP) is 1.02. The van der Waals surface area contributed by atoms with Crippen LogP contribution in [0.15, 0.2) is 6.20 Å². The summed E-state index contributed by atoms with van der Waals surface area (Å²) in [4.78, 5) is 5.31. The van der Waals surface area contributed by atoms with E-state index in [0.717, 1.165) is 22.7 Å². The van der Waals surface area contributed by atoms with Gasteiger partial charge in [0, 0.05) is 24.2 Å². The topological polar surface area (TPSA) is 88.3 Å². The Balaban J connectivity index is 2.03. The normalized spacial score (nSPS) is 22.9. The second kappa shape index (κ2) is 6.48. The van der Waals surface area contributed by atoms with Crippen LogP contribution in [0, 0.1) is 12.8 Å².